The minimum absolute atomic E-state index is 0.220. The van der Waals surface area contributed by atoms with Gasteiger partial charge in [-0.2, -0.15) is 0 Å². The smallest absolute Gasteiger partial charge is 0.259 e. The molecule has 0 spiro atoms. The molecule has 4 nitrogen and oxygen atoms in total. The van der Waals surface area contributed by atoms with Crippen molar-refractivity contribution >= 4 is 33.3 Å². The van der Waals surface area contributed by atoms with Crippen LogP contribution in [0.2, 0.25) is 0 Å². The lowest BCUT2D eigenvalue weighted by Gasteiger charge is -2.11. The van der Waals surface area contributed by atoms with Crippen LogP contribution in [0.15, 0.2) is 34.9 Å². The lowest BCUT2D eigenvalue weighted by atomic mass is 10.2. The maximum Gasteiger partial charge on any atom is 0.259 e. The molecule has 7 heteroatoms. The molecule has 0 bridgehead atoms. The monoisotopic (exact) mass is 355 g/mol. The molecule has 2 aromatic rings. The SMILES string of the molecule is CCNc1ncc(Br)cc1C(=O)Nc1cc(F)ccc1F. The number of carbonyl (C=O) groups is 1. The summed E-state index contributed by atoms with van der Waals surface area (Å²) in [6.45, 7) is 2.43. The van der Waals surface area contributed by atoms with E-state index in [2.05, 4.69) is 31.5 Å². The third-order valence-electron chi connectivity index (χ3n) is 2.62. The van der Waals surface area contributed by atoms with Crippen molar-refractivity contribution in [2.75, 3.05) is 17.2 Å². The second-order valence-corrected chi connectivity index (χ2v) is 5.07. The van der Waals surface area contributed by atoms with Crippen LogP contribution in [-0.4, -0.2) is 17.4 Å². The summed E-state index contributed by atoms with van der Waals surface area (Å²) in [7, 11) is 0. The first-order valence-corrected chi connectivity index (χ1v) is 6.96. The van der Waals surface area contributed by atoms with Gasteiger partial charge in [-0.15, -0.1) is 0 Å². The number of benzene rings is 1. The van der Waals surface area contributed by atoms with Gasteiger partial charge in [-0.25, -0.2) is 13.8 Å². The number of amides is 1. The molecular formula is C14H12BrF2N3O. The van der Waals surface area contributed by atoms with Crippen molar-refractivity contribution < 1.29 is 13.6 Å². The second kappa shape index (κ2) is 6.62. The molecule has 1 heterocycles. The number of anilines is 2. The van der Waals surface area contributed by atoms with Crippen LogP contribution in [-0.2, 0) is 0 Å². The van der Waals surface area contributed by atoms with Crippen LogP contribution in [0, 0.1) is 11.6 Å². The number of rotatable bonds is 4. The molecule has 0 fully saturated rings. The summed E-state index contributed by atoms with van der Waals surface area (Å²) in [6.07, 6.45) is 1.54. The topological polar surface area (TPSA) is 54.0 Å². The predicted octanol–water partition coefficient (Wildman–Crippen LogP) is 3.81. The Bertz CT molecular complexity index is 679. The number of hydrogen-bond acceptors (Lipinski definition) is 3. The van der Waals surface area contributed by atoms with E-state index >= 15 is 0 Å². The fraction of sp³-hybridized carbons (Fsp3) is 0.143. The van der Waals surface area contributed by atoms with Crippen molar-refractivity contribution in [3.8, 4) is 0 Å². The van der Waals surface area contributed by atoms with Gasteiger partial charge in [-0.1, -0.05) is 0 Å². The normalized spacial score (nSPS) is 10.3. The van der Waals surface area contributed by atoms with E-state index in [-0.39, 0.29) is 11.3 Å². The first-order chi connectivity index (χ1) is 10.0. The van der Waals surface area contributed by atoms with E-state index < -0.39 is 17.5 Å². The van der Waals surface area contributed by atoms with Gasteiger partial charge in [0.05, 0.1) is 11.3 Å². The van der Waals surface area contributed by atoms with Gasteiger partial charge in [0.2, 0.25) is 0 Å². The van der Waals surface area contributed by atoms with Crippen LogP contribution >= 0.6 is 15.9 Å². The van der Waals surface area contributed by atoms with Crippen molar-refractivity contribution in [3.63, 3.8) is 0 Å². The highest BCUT2D eigenvalue weighted by atomic mass is 79.9. The quantitative estimate of drug-likeness (QED) is 0.876. The molecule has 2 N–H and O–H groups in total. The summed E-state index contributed by atoms with van der Waals surface area (Å²) in [6, 6.07) is 4.41. The molecule has 0 aliphatic rings. The Labute approximate surface area is 128 Å². The summed E-state index contributed by atoms with van der Waals surface area (Å²) in [5.74, 6) is -1.55. The first kappa shape index (κ1) is 15.4. The molecule has 0 atom stereocenters. The van der Waals surface area contributed by atoms with Gasteiger partial charge in [0.15, 0.2) is 0 Å². The Kier molecular flexibility index (Phi) is 4.85. The van der Waals surface area contributed by atoms with E-state index in [9.17, 15) is 13.6 Å². The van der Waals surface area contributed by atoms with Crippen LogP contribution in [0.1, 0.15) is 17.3 Å². The van der Waals surface area contributed by atoms with Crippen LogP contribution in [0.3, 0.4) is 0 Å². The van der Waals surface area contributed by atoms with Crippen LogP contribution in [0.5, 0.6) is 0 Å². The van der Waals surface area contributed by atoms with Crippen molar-refractivity contribution in [2.45, 2.75) is 6.92 Å². The molecule has 21 heavy (non-hydrogen) atoms. The molecule has 0 unspecified atom stereocenters. The van der Waals surface area contributed by atoms with Gasteiger partial charge in [-0.05, 0) is 41.1 Å². The number of nitrogens with one attached hydrogen (secondary N) is 2. The minimum atomic E-state index is -0.710. The second-order valence-electron chi connectivity index (χ2n) is 4.16. The summed E-state index contributed by atoms with van der Waals surface area (Å²) < 4.78 is 27.3. The van der Waals surface area contributed by atoms with Crippen LogP contribution in [0.25, 0.3) is 0 Å². The molecule has 1 aromatic heterocycles. The van der Waals surface area contributed by atoms with Gasteiger partial charge >= 0.3 is 0 Å². The average molecular weight is 356 g/mol. The summed E-state index contributed by atoms with van der Waals surface area (Å²) in [5, 5.41) is 5.27. The highest BCUT2D eigenvalue weighted by Crippen LogP contribution is 2.21. The Morgan fingerprint density at radius 2 is 2.10 bits per heavy atom. The number of hydrogen-bond donors (Lipinski definition) is 2. The Hall–Kier alpha value is -2.02. The molecule has 0 saturated heterocycles. The molecule has 0 saturated carbocycles. The third kappa shape index (κ3) is 3.75. The zero-order chi connectivity index (χ0) is 15.4. The van der Waals surface area contributed by atoms with Crippen molar-refractivity contribution in [1.82, 2.24) is 4.98 Å². The van der Waals surface area contributed by atoms with Gasteiger partial charge in [0.25, 0.3) is 5.91 Å². The highest BCUT2D eigenvalue weighted by Gasteiger charge is 2.15. The standard InChI is InChI=1S/C14H12BrF2N3O/c1-2-18-13-10(5-8(15)7-19-13)14(21)20-12-6-9(16)3-4-11(12)17/h3-7H,2H2,1H3,(H,18,19)(H,20,21). The first-order valence-electron chi connectivity index (χ1n) is 6.17. The van der Waals surface area contributed by atoms with E-state index in [0.717, 1.165) is 18.2 Å². The van der Waals surface area contributed by atoms with E-state index in [4.69, 9.17) is 0 Å². The van der Waals surface area contributed by atoms with E-state index in [1.54, 1.807) is 6.07 Å². The van der Waals surface area contributed by atoms with Gasteiger partial charge < -0.3 is 10.6 Å². The summed E-state index contributed by atoms with van der Waals surface area (Å²) >= 11 is 3.22. The van der Waals surface area contributed by atoms with Crippen LogP contribution in [0.4, 0.5) is 20.3 Å². The molecule has 0 radical (unpaired) electrons. The van der Waals surface area contributed by atoms with E-state index in [1.807, 2.05) is 6.92 Å². The molecule has 0 aliphatic heterocycles. The third-order valence-corrected chi connectivity index (χ3v) is 3.05. The fourth-order valence-electron chi connectivity index (χ4n) is 1.70. The molecule has 0 aliphatic carbocycles. The Morgan fingerprint density at radius 1 is 1.33 bits per heavy atom. The zero-order valence-electron chi connectivity index (χ0n) is 11.1. The number of carbonyl (C=O) groups excluding carboxylic acids is 1. The Balaban J connectivity index is 2.31. The molecule has 1 aromatic carbocycles. The summed E-state index contributed by atoms with van der Waals surface area (Å²) in [4.78, 5) is 16.3. The fourth-order valence-corrected chi connectivity index (χ4v) is 2.03. The van der Waals surface area contributed by atoms with Gasteiger partial charge in [0, 0.05) is 23.3 Å². The number of halogens is 3. The Morgan fingerprint density at radius 3 is 2.81 bits per heavy atom. The zero-order valence-corrected chi connectivity index (χ0v) is 12.7. The lowest BCUT2D eigenvalue weighted by molar-refractivity contribution is 0.102. The van der Waals surface area contributed by atoms with Gasteiger partial charge in [0.1, 0.15) is 17.5 Å². The lowest BCUT2D eigenvalue weighted by Crippen LogP contribution is -2.16. The van der Waals surface area contributed by atoms with Crippen LogP contribution < -0.4 is 10.6 Å². The predicted molar refractivity (Wildman–Crippen MR) is 80.4 cm³/mol. The maximum atomic E-state index is 13.6. The molecule has 2 rings (SSSR count). The largest absolute Gasteiger partial charge is 0.370 e. The van der Waals surface area contributed by atoms with Crippen molar-refractivity contribution in [3.05, 3.63) is 52.1 Å². The molecule has 1 amide bonds. The molecular weight excluding hydrogens is 344 g/mol. The van der Waals surface area contributed by atoms with Crippen molar-refractivity contribution in [2.24, 2.45) is 0 Å². The van der Waals surface area contributed by atoms with Gasteiger partial charge in [-0.3, -0.25) is 4.79 Å². The minimum Gasteiger partial charge on any atom is -0.370 e. The number of nitrogens with zero attached hydrogens (tertiary/aromatic N) is 1. The van der Waals surface area contributed by atoms with E-state index in [1.165, 1.54) is 6.20 Å². The molecule has 110 valence electrons. The van der Waals surface area contributed by atoms with Crippen molar-refractivity contribution in [1.29, 1.82) is 0 Å². The highest BCUT2D eigenvalue weighted by molar-refractivity contribution is 9.10. The average Bonchev–Trinajstić information content (AvgIpc) is 2.45. The number of aromatic nitrogens is 1. The maximum absolute atomic E-state index is 13.6. The number of pyridine rings is 1. The summed E-state index contributed by atoms with van der Waals surface area (Å²) in [5.41, 5.74) is 0.0114. The van der Waals surface area contributed by atoms with E-state index in [0.29, 0.717) is 16.8 Å².